The molecule has 1 aliphatic heterocycles. The molecule has 9 heteroatoms. The third-order valence-electron chi connectivity index (χ3n) is 8.12. The molecule has 2 aliphatic rings. The number of hydrogen-bond donors (Lipinski definition) is 2. The Balaban J connectivity index is 1.64. The SMILES string of the molecule is C[N+]1([C@H](C(=O)Nc2ccc(C(=O)O)cc2C(F)(F)F)C2CCCCC2)C(c2ccc(Cl)cc2)=Cc2ccccc21. The van der Waals surface area contributed by atoms with E-state index in [4.69, 9.17) is 11.6 Å². The lowest BCUT2D eigenvalue weighted by atomic mass is 9.81. The van der Waals surface area contributed by atoms with Crippen molar-refractivity contribution in [2.24, 2.45) is 5.92 Å². The Morgan fingerprint density at radius 1 is 1.00 bits per heavy atom. The molecule has 1 heterocycles. The van der Waals surface area contributed by atoms with Crippen molar-refractivity contribution in [3.63, 3.8) is 0 Å². The third kappa shape index (κ3) is 5.13. The molecule has 2 N–H and O–H groups in total. The highest BCUT2D eigenvalue weighted by atomic mass is 35.5. The van der Waals surface area contributed by atoms with Gasteiger partial charge in [0.2, 0.25) is 0 Å². The molecule has 208 valence electrons. The summed E-state index contributed by atoms with van der Waals surface area (Å²) >= 11 is 6.17. The number of nitrogens with zero attached hydrogens (tertiary/aromatic N) is 1. The minimum absolute atomic E-state index is 0.0862. The Hall–Kier alpha value is -3.62. The van der Waals surface area contributed by atoms with Gasteiger partial charge in [-0.2, -0.15) is 13.2 Å². The smallest absolute Gasteiger partial charge is 0.418 e. The molecule has 0 saturated heterocycles. The van der Waals surface area contributed by atoms with Crippen LogP contribution in [-0.2, 0) is 11.0 Å². The van der Waals surface area contributed by atoms with Gasteiger partial charge in [-0.3, -0.25) is 4.79 Å². The molecule has 1 unspecified atom stereocenters. The maximum absolute atomic E-state index is 14.3. The largest absolute Gasteiger partial charge is 0.478 e. The summed E-state index contributed by atoms with van der Waals surface area (Å²) < 4.78 is 42.1. The summed E-state index contributed by atoms with van der Waals surface area (Å²) in [4.78, 5) is 25.7. The first kappa shape index (κ1) is 27.9. The summed E-state index contributed by atoms with van der Waals surface area (Å²) in [6, 6.07) is 17.0. The number of para-hydroxylation sites is 1. The molecule has 0 spiro atoms. The van der Waals surface area contributed by atoms with E-state index in [2.05, 4.69) is 5.32 Å². The molecule has 0 radical (unpaired) electrons. The topological polar surface area (TPSA) is 66.4 Å². The molecule has 0 bridgehead atoms. The average Bonchev–Trinajstić information content (AvgIpc) is 3.22. The van der Waals surface area contributed by atoms with Crippen LogP contribution < -0.4 is 9.80 Å². The van der Waals surface area contributed by atoms with Crippen LogP contribution in [-0.4, -0.2) is 30.1 Å². The number of halogens is 4. The van der Waals surface area contributed by atoms with Crippen molar-refractivity contribution >= 4 is 46.6 Å². The lowest BCUT2D eigenvalue weighted by Crippen LogP contribution is -2.60. The highest BCUT2D eigenvalue weighted by Crippen LogP contribution is 2.49. The number of alkyl halides is 3. The standard InChI is InChI=1S/C31H28ClF3N2O3/c1-37(26-10-6-5-9-21(26)18-27(37)19-11-14-23(32)15-12-19)28(20-7-3-2-4-8-20)29(38)36-25-16-13-22(30(39)40)17-24(25)31(33,34)35/h5-6,9-18,20,28H,2-4,7-8H2,1H3,(H-,36,38,39,40)/p+1/t28-,37?/m0/s1. The lowest BCUT2D eigenvalue weighted by molar-refractivity contribution is -0.137. The number of carbonyl (C=O) groups excluding carboxylic acids is 1. The third-order valence-corrected chi connectivity index (χ3v) is 8.37. The fourth-order valence-corrected chi connectivity index (χ4v) is 6.39. The number of aromatic carboxylic acids is 1. The second-order valence-electron chi connectivity index (χ2n) is 10.6. The van der Waals surface area contributed by atoms with E-state index in [1.54, 1.807) is 12.1 Å². The molecule has 1 aliphatic carbocycles. The van der Waals surface area contributed by atoms with E-state index in [1.165, 1.54) is 0 Å². The van der Waals surface area contributed by atoms with Crippen LogP contribution in [0.15, 0.2) is 66.7 Å². The molecule has 1 fully saturated rings. The van der Waals surface area contributed by atoms with Crippen LogP contribution in [0.1, 0.15) is 59.2 Å². The Bertz CT molecular complexity index is 1480. The number of likely N-dealkylation sites (N-methyl/N-ethyl adjacent to an activating group) is 1. The quantitative estimate of drug-likeness (QED) is 0.295. The van der Waals surface area contributed by atoms with Gasteiger partial charge in [-0.15, -0.1) is 0 Å². The average molecular weight is 570 g/mol. The molecule has 40 heavy (non-hydrogen) atoms. The molecular formula is C31H29ClF3N2O3+. The number of benzene rings is 3. The van der Waals surface area contributed by atoms with Gasteiger partial charge in [-0.05, 0) is 61.4 Å². The molecule has 5 rings (SSSR count). The maximum Gasteiger partial charge on any atom is 0.418 e. The van der Waals surface area contributed by atoms with Crippen LogP contribution in [0.4, 0.5) is 24.5 Å². The van der Waals surface area contributed by atoms with E-state index in [9.17, 15) is 27.9 Å². The van der Waals surface area contributed by atoms with Gasteiger partial charge in [0.05, 0.1) is 23.9 Å². The van der Waals surface area contributed by atoms with Crippen LogP contribution in [0.2, 0.25) is 5.02 Å². The molecule has 2 atom stereocenters. The van der Waals surface area contributed by atoms with E-state index in [0.717, 1.165) is 66.7 Å². The summed E-state index contributed by atoms with van der Waals surface area (Å²) in [5, 5.41) is 12.4. The zero-order chi connectivity index (χ0) is 28.7. The van der Waals surface area contributed by atoms with Crippen molar-refractivity contribution in [1.29, 1.82) is 0 Å². The van der Waals surface area contributed by atoms with Crippen molar-refractivity contribution in [3.8, 4) is 0 Å². The summed E-state index contributed by atoms with van der Waals surface area (Å²) in [6.45, 7) is 0. The first-order chi connectivity index (χ1) is 19.0. The number of amides is 1. The molecule has 3 aromatic carbocycles. The van der Waals surface area contributed by atoms with Gasteiger partial charge >= 0.3 is 12.1 Å². The zero-order valence-electron chi connectivity index (χ0n) is 21.8. The minimum atomic E-state index is -4.86. The van der Waals surface area contributed by atoms with Crippen molar-refractivity contribution in [2.45, 2.75) is 44.3 Å². The normalized spacial score (nSPS) is 20.0. The monoisotopic (exact) mass is 569 g/mol. The van der Waals surface area contributed by atoms with Crippen LogP contribution in [0, 0.1) is 5.92 Å². The maximum atomic E-state index is 14.3. The number of nitrogens with one attached hydrogen (secondary N) is 1. The van der Waals surface area contributed by atoms with Crippen molar-refractivity contribution in [3.05, 3.63) is 94.0 Å². The van der Waals surface area contributed by atoms with Crippen LogP contribution in [0.25, 0.3) is 11.8 Å². The van der Waals surface area contributed by atoms with Crippen LogP contribution in [0.5, 0.6) is 0 Å². The first-order valence-corrected chi connectivity index (χ1v) is 13.6. The molecule has 1 amide bonds. The minimum Gasteiger partial charge on any atom is -0.478 e. The molecule has 5 nitrogen and oxygen atoms in total. The Kier molecular flexibility index (Phi) is 7.50. The number of hydrogen-bond acceptors (Lipinski definition) is 2. The fourth-order valence-electron chi connectivity index (χ4n) is 6.26. The summed E-state index contributed by atoms with van der Waals surface area (Å²) in [5.74, 6) is -2.11. The van der Waals surface area contributed by atoms with E-state index >= 15 is 0 Å². The number of carboxylic acid groups (broad SMARTS) is 1. The van der Waals surface area contributed by atoms with Gasteiger partial charge in [0, 0.05) is 34.2 Å². The van der Waals surface area contributed by atoms with E-state index < -0.39 is 40.9 Å². The van der Waals surface area contributed by atoms with Gasteiger partial charge in [0.25, 0.3) is 5.91 Å². The van der Waals surface area contributed by atoms with E-state index in [0.29, 0.717) is 11.1 Å². The summed E-state index contributed by atoms with van der Waals surface area (Å²) in [6.07, 6.45) is 1.61. The lowest BCUT2D eigenvalue weighted by Gasteiger charge is -2.43. The van der Waals surface area contributed by atoms with E-state index in [-0.39, 0.29) is 10.4 Å². The number of carboxylic acids is 1. The molecule has 3 aromatic rings. The highest BCUT2D eigenvalue weighted by Gasteiger charge is 2.52. The Morgan fingerprint density at radius 2 is 1.68 bits per heavy atom. The van der Waals surface area contributed by atoms with Gasteiger partial charge in [-0.25, -0.2) is 9.28 Å². The van der Waals surface area contributed by atoms with E-state index in [1.807, 2.05) is 49.5 Å². The van der Waals surface area contributed by atoms with Gasteiger partial charge in [-0.1, -0.05) is 43.0 Å². The fraction of sp³-hybridized carbons (Fsp3) is 0.290. The van der Waals surface area contributed by atoms with Crippen LogP contribution >= 0.6 is 11.6 Å². The Labute approximate surface area is 235 Å². The van der Waals surface area contributed by atoms with Crippen molar-refractivity contribution < 1.29 is 27.9 Å². The van der Waals surface area contributed by atoms with Crippen molar-refractivity contribution in [2.75, 3.05) is 12.4 Å². The first-order valence-electron chi connectivity index (χ1n) is 13.2. The van der Waals surface area contributed by atoms with Gasteiger partial charge < -0.3 is 10.4 Å². The highest BCUT2D eigenvalue weighted by molar-refractivity contribution is 6.30. The van der Waals surface area contributed by atoms with Gasteiger partial charge in [0.1, 0.15) is 11.4 Å². The number of rotatable bonds is 6. The zero-order valence-corrected chi connectivity index (χ0v) is 22.6. The number of anilines is 1. The summed E-state index contributed by atoms with van der Waals surface area (Å²) in [5.41, 5.74) is 1.37. The predicted molar refractivity (Wildman–Crippen MR) is 151 cm³/mol. The van der Waals surface area contributed by atoms with Gasteiger partial charge in [0.15, 0.2) is 6.04 Å². The molecule has 1 saturated carbocycles. The second kappa shape index (κ2) is 10.7. The molecule has 0 aromatic heterocycles. The predicted octanol–water partition coefficient (Wildman–Crippen LogP) is 8.09. The molecular weight excluding hydrogens is 541 g/mol. The summed E-state index contributed by atoms with van der Waals surface area (Å²) in [7, 11) is 1.95. The van der Waals surface area contributed by atoms with Crippen molar-refractivity contribution in [1.82, 2.24) is 4.48 Å². The number of fused-ring (bicyclic) bond motifs is 1. The number of quaternary nitrogens is 1. The Morgan fingerprint density at radius 3 is 2.33 bits per heavy atom. The van der Waals surface area contributed by atoms with Crippen LogP contribution in [0.3, 0.4) is 0 Å². The second-order valence-corrected chi connectivity index (χ2v) is 11.0. The number of carbonyl (C=O) groups is 2.